The Kier molecular flexibility index (Phi) is 5.11. The van der Waals surface area contributed by atoms with Gasteiger partial charge < -0.3 is 10.4 Å². The van der Waals surface area contributed by atoms with Crippen LogP contribution in [0.25, 0.3) is 0 Å². The molecule has 1 fully saturated rings. The Morgan fingerprint density at radius 2 is 2.30 bits per heavy atom. The van der Waals surface area contributed by atoms with Gasteiger partial charge >= 0.3 is 5.97 Å². The molecule has 2 atom stereocenters. The van der Waals surface area contributed by atoms with Crippen LogP contribution in [0, 0.1) is 12.8 Å². The molecule has 1 aliphatic rings. The minimum absolute atomic E-state index is 0.0213. The average Bonchev–Trinajstić information content (AvgIpc) is 2.99. The number of thiazole rings is 1. The zero-order chi connectivity index (χ0) is 14.5. The first-order valence-corrected chi connectivity index (χ1v) is 7.85. The number of carboxylic acids is 1. The minimum Gasteiger partial charge on any atom is -0.481 e. The van der Waals surface area contributed by atoms with E-state index in [-0.39, 0.29) is 17.9 Å². The van der Waals surface area contributed by atoms with Crippen LogP contribution < -0.4 is 5.32 Å². The van der Waals surface area contributed by atoms with E-state index in [1.54, 1.807) is 11.3 Å². The van der Waals surface area contributed by atoms with Crippen molar-refractivity contribution < 1.29 is 14.7 Å². The number of rotatable bonds is 6. The molecule has 1 aromatic heterocycles. The van der Waals surface area contributed by atoms with Crippen molar-refractivity contribution >= 4 is 23.2 Å². The van der Waals surface area contributed by atoms with Crippen LogP contribution in [-0.4, -0.2) is 28.0 Å². The van der Waals surface area contributed by atoms with E-state index in [2.05, 4.69) is 10.3 Å². The van der Waals surface area contributed by atoms with Crippen molar-refractivity contribution in [1.82, 2.24) is 10.3 Å². The van der Waals surface area contributed by atoms with Crippen molar-refractivity contribution in [2.75, 3.05) is 0 Å². The van der Waals surface area contributed by atoms with Crippen LogP contribution in [0.2, 0.25) is 0 Å². The van der Waals surface area contributed by atoms with Crippen molar-refractivity contribution in [1.29, 1.82) is 0 Å². The Morgan fingerprint density at radius 3 is 2.90 bits per heavy atom. The summed E-state index contributed by atoms with van der Waals surface area (Å²) in [7, 11) is 0. The molecule has 0 spiro atoms. The average molecular weight is 296 g/mol. The summed E-state index contributed by atoms with van der Waals surface area (Å²) in [6.45, 7) is 1.97. The van der Waals surface area contributed by atoms with Crippen molar-refractivity contribution in [2.45, 2.75) is 51.5 Å². The molecule has 1 heterocycles. The Balaban J connectivity index is 1.65. The predicted octanol–water partition coefficient (Wildman–Crippen LogP) is 2.14. The fourth-order valence-corrected chi connectivity index (χ4v) is 3.24. The lowest BCUT2D eigenvalue weighted by atomic mass is 10.1. The highest BCUT2D eigenvalue weighted by Crippen LogP contribution is 2.25. The van der Waals surface area contributed by atoms with E-state index < -0.39 is 5.97 Å². The van der Waals surface area contributed by atoms with Gasteiger partial charge in [0.05, 0.1) is 16.6 Å². The van der Waals surface area contributed by atoms with Gasteiger partial charge in [-0.15, -0.1) is 11.3 Å². The zero-order valence-corrected chi connectivity index (χ0v) is 12.4. The van der Waals surface area contributed by atoms with Crippen LogP contribution in [0.15, 0.2) is 5.38 Å². The molecular formula is C14H20N2O3S. The van der Waals surface area contributed by atoms with E-state index in [9.17, 15) is 9.59 Å². The normalized spacial score (nSPS) is 21.9. The molecule has 5 nitrogen and oxygen atoms in total. The van der Waals surface area contributed by atoms with E-state index in [0.717, 1.165) is 30.0 Å². The summed E-state index contributed by atoms with van der Waals surface area (Å²) in [5.41, 5.74) is 1.05. The lowest BCUT2D eigenvalue weighted by molar-refractivity contribution is -0.141. The third-order valence-electron chi connectivity index (χ3n) is 3.65. The van der Waals surface area contributed by atoms with Crippen LogP contribution in [0.3, 0.4) is 0 Å². The first-order valence-electron chi connectivity index (χ1n) is 6.98. The molecule has 2 N–H and O–H groups in total. The molecule has 6 heteroatoms. The molecule has 0 saturated heterocycles. The fourth-order valence-electron chi connectivity index (χ4n) is 2.59. The maximum Gasteiger partial charge on any atom is 0.306 e. The number of carbonyl (C=O) groups is 2. The SMILES string of the molecule is Cc1nc(CCCC(=O)N[C@@H]2CC[C@H](C(=O)O)C2)cs1. The topological polar surface area (TPSA) is 79.3 Å². The number of carboxylic acid groups (broad SMARTS) is 1. The summed E-state index contributed by atoms with van der Waals surface area (Å²) < 4.78 is 0. The molecule has 0 aliphatic heterocycles. The number of amides is 1. The van der Waals surface area contributed by atoms with Gasteiger partial charge in [0.15, 0.2) is 0 Å². The van der Waals surface area contributed by atoms with Crippen LogP contribution in [-0.2, 0) is 16.0 Å². The number of nitrogens with zero attached hydrogens (tertiary/aromatic N) is 1. The highest BCUT2D eigenvalue weighted by molar-refractivity contribution is 7.09. The maximum atomic E-state index is 11.8. The minimum atomic E-state index is -0.749. The monoisotopic (exact) mass is 296 g/mol. The second-order valence-electron chi connectivity index (χ2n) is 5.32. The number of aryl methyl sites for hydroxylation is 2. The Morgan fingerprint density at radius 1 is 1.50 bits per heavy atom. The van der Waals surface area contributed by atoms with Gasteiger partial charge in [0.25, 0.3) is 0 Å². The number of carbonyl (C=O) groups excluding carboxylic acids is 1. The van der Waals surface area contributed by atoms with Crippen molar-refractivity contribution in [3.63, 3.8) is 0 Å². The molecule has 20 heavy (non-hydrogen) atoms. The van der Waals surface area contributed by atoms with Gasteiger partial charge in [0.1, 0.15) is 0 Å². The Hall–Kier alpha value is -1.43. The van der Waals surface area contributed by atoms with Gasteiger partial charge in [0, 0.05) is 17.8 Å². The van der Waals surface area contributed by atoms with E-state index in [1.807, 2.05) is 12.3 Å². The fraction of sp³-hybridized carbons (Fsp3) is 0.643. The molecule has 2 rings (SSSR count). The number of aliphatic carboxylic acids is 1. The quantitative estimate of drug-likeness (QED) is 0.843. The maximum absolute atomic E-state index is 11.8. The lowest BCUT2D eigenvalue weighted by Crippen LogP contribution is -2.33. The molecule has 1 aromatic rings. The molecule has 0 unspecified atom stereocenters. The molecule has 0 aromatic carbocycles. The van der Waals surface area contributed by atoms with Crippen LogP contribution in [0.5, 0.6) is 0 Å². The van der Waals surface area contributed by atoms with Crippen LogP contribution in [0.1, 0.15) is 42.8 Å². The molecule has 1 saturated carbocycles. The molecule has 110 valence electrons. The molecule has 0 bridgehead atoms. The summed E-state index contributed by atoms with van der Waals surface area (Å²) in [5.74, 6) is -1.02. The lowest BCUT2D eigenvalue weighted by Gasteiger charge is -2.12. The molecule has 1 amide bonds. The van der Waals surface area contributed by atoms with Crippen molar-refractivity contribution in [2.24, 2.45) is 5.92 Å². The summed E-state index contributed by atoms with van der Waals surface area (Å²) in [6, 6.07) is 0.0325. The first-order chi connectivity index (χ1) is 9.54. The Labute approximate surface area is 122 Å². The third-order valence-corrected chi connectivity index (χ3v) is 4.47. The summed E-state index contributed by atoms with van der Waals surface area (Å²) in [4.78, 5) is 27.0. The predicted molar refractivity (Wildman–Crippen MR) is 76.7 cm³/mol. The number of nitrogens with one attached hydrogen (secondary N) is 1. The third kappa shape index (κ3) is 4.30. The Bertz CT molecular complexity index is 487. The van der Waals surface area contributed by atoms with Crippen molar-refractivity contribution in [3.8, 4) is 0 Å². The van der Waals surface area contributed by atoms with Gasteiger partial charge in [-0.2, -0.15) is 0 Å². The zero-order valence-electron chi connectivity index (χ0n) is 11.6. The second kappa shape index (κ2) is 6.83. The van der Waals surface area contributed by atoms with Gasteiger partial charge in [-0.05, 0) is 39.0 Å². The summed E-state index contributed by atoms with van der Waals surface area (Å²) in [5, 5.41) is 14.9. The van der Waals surface area contributed by atoms with E-state index in [0.29, 0.717) is 19.3 Å². The summed E-state index contributed by atoms with van der Waals surface area (Å²) in [6.07, 6.45) is 4.08. The van der Waals surface area contributed by atoms with Crippen LogP contribution >= 0.6 is 11.3 Å². The molecule has 0 radical (unpaired) electrons. The largest absolute Gasteiger partial charge is 0.481 e. The highest BCUT2D eigenvalue weighted by Gasteiger charge is 2.30. The van der Waals surface area contributed by atoms with Crippen molar-refractivity contribution in [3.05, 3.63) is 16.1 Å². The number of aromatic nitrogens is 1. The molecular weight excluding hydrogens is 276 g/mol. The van der Waals surface area contributed by atoms with Gasteiger partial charge in [-0.3, -0.25) is 9.59 Å². The van der Waals surface area contributed by atoms with E-state index in [1.165, 1.54) is 0 Å². The van der Waals surface area contributed by atoms with E-state index >= 15 is 0 Å². The highest BCUT2D eigenvalue weighted by atomic mass is 32.1. The van der Waals surface area contributed by atoms with Crippen LogP contribution in [0.4, 0.5) is 0 Å². The smallest absolute Gasteiger partial charge is 0.306 e. The number of hydrogen-bond acceptors (Lipinski definition) is 4. The van der Waals surface area contributed by atoms with Gasteiger partial charge in [-0.1, -0.05) is 0 Å². The molecule has 1 aliphatic carbocycles. The first kappa shape index (κ1) is 15.0. The van der Waals surface area contributed by atoms with Gasteiger partial charge in [0.2, 0.25) is 5.91 Å². The number of hydrogen-bond donors (Lipinski definition) is 2. The van der Waals surface area contributed by atoms with Gasteiger partial charge in [-0.25, -0.2) is 4.98 Å². The summed E-state index contributed by atoms with van der Waals surface area (Å²) >= 11 is 1.63. The van der Waals surface area contributed by atoms with E-state index in [4.69, 9.17) is 5.11 Å². The second-order valence-corrected chi connectivity index (χ2v) is 6.39. The standard InChI is InChI=1S/C14H20N2O3S/c1-9-15-12(8-20-9)3-2-4-13(17)16-11-6-5-10(7-11)14(18)19/h8,10-11H,2-7H2,1H3,(H,16,17)(H,18,19)/t10-,11+/m0/s1.